The van der Waals surface area contributed by atoms with Crippen molar-refractivity contribution in [1.29, 1.82) is 0 Å². The van der Waals surface area contributed by atoms with Crippen LogP contribution in [0.4, 0.5) is 17.1 Å². The fraction of sp³-hybridized carbons (Fsp3) is 0. The lowest BCUT2D eigenvalue weighted by Crippen LogP contribution is -2.11. The van der Waals surface area contributed by atoms with E-state index in [0.717, 1.165) is 88.4 Å². The Bertz CT molecular complexity index is 3180. The molecule has 0 saturated carbocycles. The molecule has 2 heterocycles. The second-order valence-electron chi connectivity index (χ2n) is 14.1. The zero-order valence-corrected chi connectivity index (χ0v) is 29.8. The fourth-order valence-corrected chi connectivity index (χ4v) is 8.16. The van der Waals surface area contributed by atoms with E-state index in [-0.39, 0.29) is 0 Å². The number of nitrogens with zero attached hydrogens (tertiary/aromatic N) is 1. The number of hydrogen-bond acceptors (Lipinski definition) is 3. The number of benzene rings is 9. The molecule has 0 aliphatic carbocycles. The first kappa shape index (κ1) is 31.2. The van der Waals surface area contributed by atoms with E-state index < -0.39 is 0 Å². The molecule has 2 aromatic heterocycles. The van der Waals surface area contributed by atoms with Crippen LogP contribution in [0.25, 0.3) is 88.0 Å². The molecule has 3 heteroatoms. The van der Waals surface area contributed by atoms with Crippen LogP contribution in [0, 0.1) is 0 Å². The summed E-state index contributed by atoms with van der Waals surface area (Å²) in [5, 5.41) is 6.54. The van der Waals surface area contributed by atoms with Gasteiger partial charge in [0.05, 0.1) is 11.4 Å². The molecular weight excluding hydrogens is 671 g/mol. The number of rotatable bonds is 6. The molecule has 0 radical (unpaired) electrons. The molecule has 0 unspecified atom stereocenters. The van der Waals surface area contributed by atoms with Gasteiger partial charge in [0.15, 0.2) is 11.2 Å². The number of hydrogen-bond donors (Lipinski definition) is 0. The summed E-state index contributed by atoms with van der Waals surface area (Å²) < 4.78 is 13.8. The van der Waals surface area contributed by atoms with Crippen LogP contribution in [-0.2, 0) is 0 Å². The maximum Gasteiger partial charge on any atom is 0.159 e. The van der Waals surface area contributed by atoms with Gasteiger partial charge in [-0.05, 0) is 81.2 Å². The number of fused-ring (bicyclic) bond motifs is 8. The molecule has 0 aliphatic heterocycles. The Morgan fingerprint density at radius 1 is 0.291 bits per heavy atom. The third kappa shape index (κ3) is 5.20. The van der Waals surface area contributed by atoms with Gasteiger partial charge in [0.1, 0.15) is 11.2 Å². The normalized spacial score (nSPS) is 11.6. The van der Waals surface area contributed by atoms with E-state index in [1.54, 1.807) is 0 Å². The van der Waals surface area contributed by atoms with Gasteiger partial charge in [-0.1, -0.05) is 158 Å². The van der Waals surface area contributed by atoms with Crippen LogP contribution in [0.5, 0.6) is 0 Å². The summed E-state index contributed by atoms with van der Waals surface area (Å²) >= 11 is 0. The summed E-state index contributed by atoms with van der Waals surface area (Å²) in [6.07, 6.45) is 0. The van der Waals surface area contributed by atoms with E-state index >= 15 is 0 Å². The van der Waals surface area contributed by atoms with Gasteiger partial charge in [0.2, 0.25) is 0 Å². The highest BCUT2D eigenvalue weighted by atomic mass is 16.3. The summed E-state index contributed by atoms with van der Waals surface area (Å²) in [6.45, 7) is 0. The van der Waals surface area contributed by atoms with E-state index in [1.807, 2.05) is 12.1 Å². The second-order valence-corrected chi connectivity index (χ2v) is 14.1. The van der Waals surface area contributed by atoms with Gasteiger partial charge in [0, 0.05) is 32.6 Å². The largest absolute Gasteiger partial charge is 0.454 e. The summed E-state index contributed by atoms with van der Waals surface area (Å²) in [5.41, 5.74) is 13.2. The molecule has 0 fully saturated rings. The van der Waals surface area contributed by atoms with Crippen molar-refractivity contribution in [3.8, 4) is 33.4 Å². The fourth-order valence-electron chi connectivity index (χ4n) is 8.16. The topological polar surface area (TPSA) is 29.5 Å². The molecule has 258 valence electrons. The van der Waals surface area contributed by atoms with Crippen molar-refractivity contribution >= 4 is 71.7 Å². The van der Waals surface area contributed by atoms with E-state index in [4.69, 9.17) is 8.83 Å². The average Bonchev–Trinajstić information content (AvgIpc) is 3.84. The predicted molar refractivity (Wildman–Crippen MR) is 229 cm³/mol. The van der Waals surface area contributed by atoms with E-state index in [9.17, 15) is 0 Å². The van der Waals surface area contributed by atoms with E-state index in [2.05, 4.69) is 193 Å². The van der Waals surface area contributed by atoms with Crippen molar-refractivity contribution in [2.45, 2.75) is 0 Å². The number of furan rings is 2. The molecule has 0 saturated heterocycles. The highest BCUT2D eigenvalue weighted by Gasteiger charge is 2.25. The van der Waals surface area contributed by atoms with Gasteiger partial charge in [-0.15, -0.1) is 0 Å². The number of para-hydroxylation sites is 2. The summed E-state index contributed by atoms with van der Waals surface area (Å²) in [6, 6.07) is 70.8. The highest BCUT2D eigenvalue weighted by Crippen LogP contribution is 2.48. The lowest BCUT2D eigenvalue weighted by Gasteiger charge is -2.26. The maximum absolute atomic E-state index is 7.08. The molecule has 11 aromatic rings. The summed E-state index contributed by atoms with van der Waals surface area (Å²) in [7, 11) is 0. The molecule has 0 aliphatic rings. The van der Waals surface area contributed by atoms with Crippen molar-refractivity contribution in [3.05, 3.63) is 200 Å². The molecular formula is C52H33NO2. The van der Waals surface area contributed by atoms with Crippen molar-refractivity contribution in [2.24, 2.45) is 0 Å². The van der Waals surface area contributed by atoms with Gasteiger partial charge >= 0.3 is 0 Å². The van der Waals surface area contributed by atoms with Crippen molar-refractivity contribution in [2.75, 3.05) is 4.90 Å². The molecule has 9 aromatic carbocycles. The monoisotopic (exact) mass is 703 g/mol. The minimum Gasteiger partial charge on any atom is -0.454 e. The number of anilines is 3. The Hall–Kier alpha value is -7.36. The first-order chi connectivity index (χ1) is 27.3. The maximum atomic E-state index is 7.08. The first-order valence-electron chi connectivity index (χ1n) is 18.7. The summed E-state index contributed by atoms with van der Waals surface area (Å²) in [4.78, 5) is 2.31. The summed E-state index contributed by atoms with van der Waals surface area (Å²) in [5.74, 6) is 0. The van der Waals surface area contributed by atoms with E-state index in [1.165, 1.54) is 16.7 Å². The molecule has 3 nitrogen and oxygen atoms in total. The highest BCUT2D eigenvalue weighted by molar-refractivity contribution is 6.19. The van der Waals surface area contributed by atoms with Gasteiger partial charge < -0.3 is 13.7 Å². The van der Waals surface area contributed by atoms with Gasteiger partial charge in [0.25, 0.3) is 0 Å². The Morgan fingerprint density at radius 3 is 1.56 bits per heavy atom. The molecule has 0 amide bonds. The Balaban J connectivity index is 1.20. The zero-order chi connectivity index (χ0) is 36.3. The quantitative estimate of drug-likeness (QED) is 0.173. The van der Waals surface area contributed by atoms with Crippen molar-refractivity contribution in [3.63, 3.8) is 0 Å². The van der Waals surface area contributed by atoms with Crippen LogP contribution in [0.2, 0.25) is 0 Å². The Morgan fingerprint density at radius 2 is 0.836 bits per heavy atom. The van der Waals surface area contributed by atoms with Crippen LogP contribution in [0.15, 0.2) is 209 Å². The van der Waals surface area contributed by atoms with Crippen LogP contribution in [0.1, 0.15) is 0 Å². The second kappa shape index (κ2) is 12.6. The standard InChI is InChI=1S/C52H33NO2/c1-3-12-34(13-4-1)36-22-24-38(25-23-36)40-32-46-45-31-28-39-16-7-8-17-42(39)50(45)55-52(46)48(33-40)53(41-29-26-37(27-30-41)35-14-5-2-6-15-35)47-20-11-19-44-43-18-9-10-21-49(43)54-51(44)47/h1-33H. The third-order valence-corrected chi connectivity index (χ3v) is 10.9. The minimum absolute atomic E-state index is 0.816. The van der Waals surface area contributed by atoms with Crippen LogP contribution in [0.3, 0.4) is 0 Å². The smallest absolute Gasteiger partial charge is 0.159 e. The third-order valence-electron chi connectivity index (χ3n) is 10.9. The zero-order valence-electron chi connectivity index (χ0n) is 29.8. The van der Waals surface area contributed by atoms with Crippen LogP contribution >= 0.6 is 0 Å². The molecule has 55 heavy (non-hydrogen) atoms. The Kier molecular flexibility index (Phi) is 7.17. The first-order valence-corrected chi connectivity index (χ1v) is 18.7. The molecule has 0 atom stereocenters. The van der Waals surface area contributed by atoms with Gasteiger partial charge in [-0.2, -0.15) is 0 Å². The van der Waals surface area contributed by atoms with Crippen LogP contribution in [-0.4, -0.2) is 0 Å². The predicted octanol–water partition coefficient (Wildman–Crippen LogP) is 15.1. The van der Waals surface area contributed by atoms with Crippen LogP contribution < -0.4 is 4.90 Å². The molecule has 0 bridgehead atoms. The van der Waals surface area contributed by atoms with Gasteiger partial charge in [-0.3, -0.25) is 0 Å². The minimum atomic E-state index is 0.816. The average molecular weight is 704 g/mol. The lowest BCUT2D eigenvalue weighted by atomic mass is 9.97. The Labute approximate surface area is 317 Å². The lowest BCUT2D eigenvalue weighted by molar-refractivity contribution is 0.667. The SMILES string of the molecule is c1ccc(-c2ccc(-c3cc(N(c4ccc(-c5ccccc5)cc4)c4cccc5c4oc4ccccc45)c4oc5c6ccccc6ccc5c4c3)cc2)cc1. The van der Waals surface area contributed by atoms with E-state index in [0.29, 0.717) is 0 Å². The molecule has 11 rings (SSSR count). The molecule has 0 N–H and O–H groups in total. The van der Waals surface area contributed by atoms with Gasteiger partial charge in [-0.25, -0.2) is 0 Å². The van der Waals surface area contributed by atoms with Crippen molar-refractivity contribution < 1.29 is 8.83 Å². The molecule has 0 spiro atoms. The van der Waals surface area contributed by atoms with Crippen molar-refractivity contribution in [1.82, 2.24) is 0 Å².